The van der Waals surface area contributed by atoms with Crippen molar-refractivity contribution in [3.05, 3.63) is 95.9 Å². The van der Waals surface area contributed by atoms with Crippen molar-refractivity contribution in [3.8, 4) is 5.82 Å². The fourth-order valence-electron chi connectivity index (χ4n) is 6.00. The number of carbonyl (C=O) groups is 1. The van der Waals surface area contributed by atoms with Crippen molar-refractivity contribution in [2.75, 3.05) is 56.1 Å². The molecule has 1 unspecified atom stereocenters. The highest BCUT2D eigenvalue weighted by Crippen LogP contribution is 2.26. The van der Waals surface area contributed by atoms with Crippen LogP contribution in [0.25, 0.3) is 5.82 Å². The lowest BCUT2D eigenvalue weighted by atomic mass is 10.0. The highest BCUT2D eigenvalue weighted by atomic mass is 16.3. The molecule has 4 heterocycles. The molecule has 2 aliphatic heterocycles. The van der Waals surface area contributed by atoms with E-state index in [2.05, 4.69) is 55.0 Å². The molecule has 43 heavy (non-hydrogen) atoms. The van der Waals surface area contributed by atoms with Crippen LogP contribution in [0, 0.1) is 6.92 Å². The number of piperazine rings is 1. The van der Waals surface area contributed by atoms with Crippen LogP contribution >= 0.6 is 0 Å². The number of nitrogens with zero attached hydrogens (tertiary/aromatic N) is 5. The Labute approximate surface area is 252 Å². The van der Waals surface area contributed by atoms with Crippen LogP contribution in [0.15, 0.2) is 79.3 Å². The van der Waals surface area contributed by atoms with E-state index in [1.807, 2.05) is 48.0 Å². The molecule has 1 atom stereocenters. The van der Waals surface area contributed by atoms with E-state index in [0.717, 1.165) is 56.1 Å². The van der Waals surface area contributed by atoms with Crippen molar-refractivity contribution in [3.63, 3.8) is 0 Å². The van der Waals surface area contributed by atoms with Crippen LogP contribution in [0.5, 0.6) is 0 Å². The molecule has 2 aromatic heterocycles. The molecule has 224 valence electrons. The SMILES string of the molecule is Cc1cnc(Nc2ccc(N3CCC(N4CCNCC4)CC3)cc2)nc1-n1ccc(C(=O)NC(CO)c2ccccc2)c1. The molecule has 4 N–H and O–H groups in total. The third kappa shape index (κ3) is 6.88. The van der Waals surface area contributed by atoms with Crippen LogP contribution in [0.1, 0.15) is 40.4 Å². The quantitative estimate of drug-likeness (QED) is 0.238. The third-order valence-corrected chi connectivity index (χ3v) is 8.46. The Morgan fingerprint density at radius 3 is 2.49 bits per heavy atom. The first-order valence-corrected chi connectivity index (χ1v) is 15.1. The average molecular weight is 581 g/mol. The van der Waals surface area contributed by atoms with Gasteiger partial charge in [0, 0.05) is 80.8 Å². The molecule has 4 aromatic rings. The minimum absolute atomic E-state index is 0.188. The molecule has 10 nitrogen and oxygen atoms in total. The van der Waals surface area contributed by atoms with Gasteiger partial charge in [-0.25, -0.2) is 4.98 Å². The summed E-state index contributed by atoms with van der Waals surface area (Å²) in [5.74, 6) is 0.899. The zero-order chi connectivity index (χ0) is 29.6. The zero-order valence-electron chi connectivity index (χ0n) is 24.6. The van der Waals surface area contributed by atoms with Gasteiger partial charge in [0.15, 0.2) is 0 Å². The highest BCUT2D eigenvalue weighted by Gasteiger charge is 2.25. The van der Waals surface area contributed by atoms with Crippen molar-refractivity contribution < 1.29 is 9.90 Å². The van der Waals surface area contributed by atoms with E-state index in [-0.39, 0.29) is 12.5 Å². The van der Waals surface area contributed by atoms with Crippen LogP contribution in [-0.4, -0.2) is 82.4 Å². The lowest BCUT2D eigenvalue weighted by Gasteiger charge is -2.41. The number of hydrogen-bond acceptors (Lipinski definition) is 8. The predicted molar refractivity (Wildman–Crippen MR) is 169 cm³/mol. The van der Waals surface area contributed by atoms with Crippen molar-refractivity contribution in [2.45, 2.75) is 31.8 Å². The maximum Gasteiger partial charge on any atom is 0.253 e. The first-order chi connectivity index (χ1) is 21.1. The van der Waals surface area contributed by atoms with Gasteiger partial charge in [-0.1, -0.05) is 30.3 Å². The number of rotatable bonds is 9. The van der Waals surface area contributed by atoms with Crippen LogP contribution in [-0.2, 0) is 0 Å². The maximum absolute atomic E-state index is 13.0. The Kier molecular flexibility index (Phi) is 8.97. The van der Waals surface area contributed by atoms with Crippen molar-refractivity contribution >= 4 is 23.2 Å². The first-order valence-electron chi connectivity index (χ1n) is 15.1. The molecule has 0 saturated carbocycles. The largest absolute Gasteiger partial charge is 0.394 e. The normalized spacial score (nSPS) is 17.0. The predicted octanol–water partition coefficient (Wildman–Crippen LogP) is 3.66. The Morgan fingerprint density at radius 2 is 1.77 bits per heavy atom. The summed E-state index contributed by atoms with van der Waals surface area (Å²) in [4.78, 5) is 27.3. The Balaban J connectivity index is 1.08. The summed E-state index contributed by atoms with van der Waals surface area (Å²) in [7, 11) is 0. The van der Waals surface area contributed by atoms with Gasteiger partial charge in [-0.2, -0.15) is 4.98 Å². The number of anilines is 3. The number of aliphatic hydroxyl groups excluding tert-OH is 1. The van der Waals surface area contributed by atoms with E-state index in [0.29, 0.717) is 23.4 Å². The second kappa shape index (κ2) is 13.4. The van der Waals surface area contributed by atoms with Gasteiger partial charge in [-0.3, -0.25) is 9.69 Å². The van der Waals surface area contributed by atoms with Gasteiger partial charge in [0.05, 0.1) is 18.2 Å². The average Bonchev–Trinajstić information content (AvgIpc) is 3.56. The number of nitrogens with one attached hydrogen (secondary N) is 3. The van der Waals surface area contributed by atoms with Crippen LogP contribution in [0.2, 0.25) is 0 Å². The number of piperidine rings is 1. The van der Waals surface area contributed by atoms with Gasteiger partial charge < -0.3 is 30.5 Å². The summed E-state index contributed by atoms with van der Waals surface area (Å²) in [5.41, 5.74) is 4.37. The lowest BCUT2D eigenvalue weighted by molar-refractivity contribution is 0.0916. The monoisotopic (exact) mass is 580 g/mol. The molecule has 2 saturated heterocycles. The fraction of sp³-hybridized carbons (Fsp3) is 0.364. The molecular formula is C33H40N8O2. The number of benzene rings is 2. The van der Waals surface area contributed by atoms with Crippen molar-refractivity contribution in [1.29, 1.82) is 0 Å². The number of aliphatic hydroxyl groups is 1. The van der Waals surface area contributed by atoms with Crippen molar-refractivity contribution in [1.82, 2.24) is 30.1 Å². The smallest absolute Gasteiger partial charge is 0.253 e. The van der Waals surface area contributed by atoms with E-state index < -0.39 is 6.04 Å². The van der Waals surface area contributed by atoms with E-state index in [9.17, 15) is 9.90 Å². The Morgan fingerprint density at radius 1 is 1.02 bits per heavy atom. The number of carbonyl (C=O) groups excluding carboxylic acids is 1. The Bertz CT molecular complexity index is 1490. The van der Waals surface area contributed by atoms with Gasteiger partial charge >= 0.3 is 0 Å². The molecule has 6 rings (SSSR count). The van der Waals surface area contributed by atoms with E-state index >= 15 is 0 Å². The minimum Gasteiger partial charge on any atom is -0.394 e. The van der Waals surface area contributed by atoms with Gasteiger partial charge in [-0.05, 0) is 55.7 Å². The molecule has 0 spiro atoms. The third-order valence-electron chi connectivity index (χ3n) is 8.46. The molecule has 0 aliphatic carbocycles. The van der Waals surface area contributed by atoms with Gasteiger partial charge in [0.2, 0.25) is 5.95 Å². The van der Waals surface area contributed by atoms with E-state index in [1.165, 1.54) is 18.5 Å². The molecule has 0 bridgehead atoms. The summed E-state index contributed by atoms with van der Waals surface area (Å²) in [6, 6.07) is 19.9. The second-order valence-corrected chi connectivity index (χ2v) is 11.3. The second-order valence-electron chi connectivity index (χ2n) is 11.3. The summed E-state index contributed by atoms with van der Waals surface area (Å²) in [5, 5.41) is 19.5. The van der Waals surface area contributed by atoms with Crippen LogP contribution in [0.3, 0.4) is 0 Å². The molecule has 10 heteroatoms. The van der Waals surface area contributed by atoms with Gasteiger partial charge in [0.1, 0.15) is 5.82 Å². The topological polar surface area (TPSA) is 111 Å². The number of aromatic nitrogens is 3. The minimum atomic E-state index is -0.482. The first kappa shape index (κ1) is 28.9. The zero-order valence-corrected chi connectivity index (χ0v) is 24.6. The summed E-state index contributed by atoms with van der Waals surface area (Å²) in [6.07, 6.45) is 7.74. The molecule has 2 aromatic carbocycles. The summed E-state index contributed by atoms with van der Waals surface area (Å²) in [6.45, 7) is 8.44. The summed E-state index contributed by atoms with van der Waals surface area (Å²) >= 11 is 0. The van der Waals surface area contributed by atoms with E-state index in [1.54, 1.807) is 18.5 Å². The van der Waals surface area contributed by atoms with Crippen molar-refractivity contribution in [2.24, 2.45) is 0 Å². The number of aryl methyl sites for hydroxylation is 1. The molecular weight excluding hydrogens is 540 g/mol. The molecule has 0 radical (unpaired) electrons. The van der Waals surface area contributed by atoms with Gasteiger partial charge in [0.25, 0.3) is 5.91 Å². The number of amides is 1. The van der Waals surface area contributed by atoms with Crippen LogP contribution in [0.4, 0.5) is 17.3 Å². The standard InChI is InChI=1S/C33H40N8O2/c1-24-21-35-33(36-27-7-9-28(10-8-27)39-17-12-29(13-18-39)40-19-14-34-15-20-40)38-31(24)41-16-11-26(22-41)32(43)37-30(23-42)25-5-3-2-4-6-25/h2-11,16,21-22,29-30,34,42H,12-15,17-20,23H2,1H3,(H,37,43)(H,35,36,38). The lowest BCUT2D eigenvalue weighted by Crippen LogP contribution is -2.52. The number of hydrogen-bond donors (Lipinski definition) is 4. The molecule has 1 amide bonds. The Hall–Kier alpha value is -4.25. The highest BCUT2D eigenvalue weighted by molar-refractivity contribution is 5.94. The van der Waals surface area contributed by atoms with Gasteiger partial charge in [-0.15, -0.1) is 0 Å². The molecule has 2 fully saturated rings. The van der Waals surface area contributed by atoms with Crippen LogP contribution < -0.4 is 20.9 Å². The molecule has 2 aliphatic rings. The maximum atomic E-state index is 13.0. The fourth-order valence-corrected chi connectivity index (χ4v) is 6.00. The summed E-state index contributed by atoms with van der Waals surface area (Å²) < 4.78 is 1.82. The van der Waals surface area contributed by atoms with E-state index in [4.69, 9.17) is 4.98 Å².